The van der Waals surface area contributed by atoms with Crippen LogP contribution in [0.5, 0.6) is 0 Å². The van der Waals surface area contributed by atoms with Crippen molar-refractivity contribution in [3.05, 3.63) is 0 Å². The molecule has 48 valence electrons. The van der Waals surface area contributed by atoms with Gasteiger partial charge >= 0.3 is 5.97 Å². The first-order valence-electron chi connectivity index (χ1n) is 2.54. The van der Waals surface area contributed by atoms with Crippen molar-refractivity contribution in [3.63, 3.8) is 0 Å². The average Bonchev–Trinajstić information content (AvgIpc) is 1.64. The first-order chi connectivity index (χ1) is 3.55. The maximum absolute atomic E-state index is 10.0. The quantitative estimate of drug-likeness (QED) is 0.504. The topological polar surface area (TPSA) is 63.3 Å². The number of hydrogen-bond acceptors (Lipinski definition) is 2. The van der Waals surface area contributed by atoms with E-state index < -0.39 is 12.0 Å². The van der Waals surface area contributed by atoms with Gasteiger partial charge in [0.2, 0.25) is 0 Å². The highest BCUT2D eigenvalue weighted by molar-refractivity contribution is 5.73. The van der Waals surface area contributed by atoms with Crippen LogP contribution in [0, 0.1) is 5.92 Å². The molecule has 0 aliphatic rings. The van der Waals surface area contributed by atoms with Crippen LogP contribution in [0.4, 0.5) is 0 Å². The largest absolute Gasteiger partial charge is 0.480 e. The molecule has 0 aromatic carbocycles. The van der Waals surface area contributed by atoms with Crippen LogP contribution < -0.4 is 5.73 Å². The Bertz CT molecular complexity index is 90.4. The average molecular weight is 118 g/mol. The van der Waals surface area contributed by atoms with Gasteiger partial charge in [0.1, 0.15) is 6.04 Å². The summed E-state index contributed by atoms with van der Waals surface area (Å²) in [5.74, 6) is -0.910. The van der Waals surface area contributed by atoms with Crippen LogP contribution in [0.15, 0.2) is 0 Å². The van der Waals surface area contributed by atoms with Crippen LogP contribution in [0.2, 0.25) is 0 Å². The van der Waals surface area contributed by atoms with Gasteiger partial charge < -0.3 is 10.8 Å². The van der Waals surface area contributed by atoms with Gasteiger partial charge in [-0.3, -0.25) is 4.79 Å². The van der Waals surface area contributed by atoms with E-state index in [1.54, 1.807) is 13.8 Å². The number of hydrogen-bond donors (Lipinski definition) is 2. The SMILES string of the molecule is CC([13CH3])[C@H](N)C(=O)O. The van der Waals surface area contributed by atoms with Crippen LogP contribution in [-0.4, -0.2) is 17.1 Å². The molecule has 0 aromatic rings. The Kier molecular flexibility index (Phi) is 2.48. The first kappa shape index (κ1) is 7.43. The van der Waals surface area contributed by atoms with E-state index in [-0.39, 0.29) is 5.92 Å². The lowest BCUT2D eigenvalue weighted by Gasteiger charge is -2.07. The Morgan fingerprint density at radius 1 is 1.62 bits per heavy atom. The lowest BCUT2D eigenvalue weighted by Crippen LogP contribution is -2.34. The van der Waals surface area contributed by atoms with Crippen LogP contribution >= 0.6 is 0 Å². The summed E-state index contributed by atoms with van der Waals surface area (Å²) in [5.41, 5.74) is 5.16. The van der Waals surface area contributed by atoms with Gasteiger partial charge in [0.25, 0.3) is 0 Å². The first-order valence-corrected chi connectivity index (χ1v) is 2.54. The van der Waals surface area contributed by atoms with Crippen molar-refractivity contribution < 1.29 is 9.90 Å². The van der Waals surface area contributed by atoms with Crippen LogP contribution in [0.25, 0.3) is 0 Å². The highest BCUT2D eigenvalue weighted by Gasteiger charge is 2.14. The second kappa shape index (κ2) is 2.67. The monoisotopic (exact) mass is 118 g/mol. The summed E-state index contributed by atoms with van der Waals surface area (Å²) in [6.45, 7) is 3.55. The molecule has 0 fully saturated rings. The number of rotatable bonds is 2. The Balaban J connectivity index is 3.64. The molecule has 0 spiro atoms. The van der Waals surface area contributed by atoms with Gasteiger partial charge in [-0.05, 0) is 5.92 Å². The summed E-state index contributed by atoms with van der Waals surface area (Å²) in [6, 6.07) is -0.713. The van der Waals surface area contributed by atoms with Crippen molar-refractivity contribution in [1.29, 1.82) is 0 Å². The number of carboxylic acids is 1. The van der Waals surface area contributed by atoms with Crippen molar-refractivity contribution in [1.82, 2.24) is 0 Å². The van der Waals surface area contributed by atoms with E-state index in [9.17, 15) is 4.79 Å². The van der Waals surface area contributed by atoms with Crippen molar-refractivity contribution >= 4 is 5.97 Å². The molecule has 0 aliphatic heterocycles. The molecule has 3 heteroatoms. The Labute approximate surface area is 48.5 Å². The van der Waals surface area contributed by atoms with Crippen molar-refractivity contribution in [2.75, 3.05) is 0 Å². The number of carbonyl (C=O) groups is 1. The maximum Gasteiger partial charge on any atom is 0.320 e. The van der Waals surface area contributed by atoms with Crippen molar-refractivity contribution in [2.24, 2.45) is 11.7 Å². The van der Waals surface area contributed by atoms with Gasteiger partial charge in [0, 0.05) is 0 Å². The van der Waals surface area contributed by atoms with E-state index >= 15 is 0 Å². The molecule has 8 heavy (non-hydrogen) atoms. The van der Waals surface area contributed by atoms with Crippen LogP contribution in [0.1, 0.15) is 13.8 Å². The predicted molar refractivity (Wildman–Crippen MR) is 30.4 cm³/mol. The minimum absolute atomic E-state index is 0.0208. The second-order valence-electron chi connectivity index (χ2n) is 2.11. The van der Waals surface area contributed by atoms with E-state index in [0.717, 1.165) is 0 Å². The highest BCUT2D eigenvalue weighted by Crippen LogP contribution is 1.96. The molecule has 0 radical (unpaired) electrons. The second-order valence-corrected chi connectivity index (χ2v) is 2.11. The fourth-order valence-corrected chi connectivity index (χ4v) is 0.285. The van der Waals surface area contributed by atoms with Gasteiger partial charge in [-0.15, -0.1) is 0 Å². The third-order valence-electron chi connectivity index (χ3n) is 1.00. The molecule has 3 nitrogen and oxygen atoms in total. The minimum Gasteiger partial charge on any atom is -0.480 e. The zero-order valence-electron chi connectivity index (χ0n) is 5.09. The summed E-state index contributed by atoms with van der Waals surface area (Å²) in [6.07, 6.45) is 0. The summed E-state index contributed by atoms with van der Waals surface area (Å²) < 4.78 is 0. The molecule has 0 saturated heterocycles. The molecular formula is C5H11NO2. The van der Waals surface area contributed by atoms with Gasteiger partial charge in [-0.1, -0.05) is 13.8 Å². The molecule has 3 N–H and O–H groups in total. The fraction of sp³-hybridized carbons (Fsp3) is 0.800. The summed E-state index contributed by atoms with van der Waals surface area (Å²) in [5, 5.41) is 8.23. The van der Waals surface area contributed by atoms with Gasteiger partial charge in [0.05, 0.1) is 0 Å². The molecule has 0 aliphatic carbocycles. The minimum atomic E-state index is -0.931. The Morgan fingerprint density at radius 3 is 2.00 bits per heavy atom. The van der Waals surface area contributed by atoms with Gasteiger partial charge in [0.15, 0.2) is 0 Å². The van der Waals surface area contributed by atoms with E-state index in [1.807, 2.05) is 0 Å². The number of nitrogens with two attached hydrogens (primary N) is 1. The zero-order valence-corrected chi connectivity index (χ0v) is 5.09. The molecular weight excluding hydrogens is 107 g/mol. The standard InChI is InChI=1S/C5H11NO2/c1-3(2)4(6)5(7)8/h3-4H,6H2,1-2H3,(H,7,8)/t4-/m0/s1/i1+1/t3?,4-. The molecule has 0 heterocycles. The Hall–Kier alpha value is -0.570. The molecule has 0 aromatic heterocycles. The summed E-state index contributed by atoms with van der Waals surface area (Å²) in [7, 11) is 0. The fourth-order valence-electron chi connectivity index (χ4n) is 0.285. The van der Waals surface area contributed by atoms with E-state index in [1.165, 1.54) is 0 Å². The molecule has 0 rings (SSSR count). The number of aliphatic carboxylic acids is 1. The zero-order chi connectivity index (χ0) is 6.73. The molecule has 0 amide bonds. The predicted octanol–water partition coefficient (Wildman–Crippen LogP) is 0.0543. The summed E-state index contributed by atoms with van der Waals surface area (Å²) >= 11 is 0. The summed E-state index contributed by atoms with van der Waals surface area (Å²) in [4.78, 5) is 10.0. The highest BCUT2D eigenvalue weighted by atomic mass is 16.4. The number of carboxylic acid groups (broad SMARTS) is 1. The molecule has 0 saturated carbocycles. The van der Waals surface area contributed by atoms with Gasteiger partial charge in [-0.25, -0.2) is 0 Å². The van der Waals surface area contributed by atoms with Crippen LogP contribution in [-0.2, 0) is 4.79 Å². The lowest BCUT2D eigenvalue weighted by atomic mass is 10.1. The van der Waals surface area contributed by atoms with E-state index in [0.29, 0.717) is 0 Å². The van der Waals surface area contributed by atoms with Crippen LogP contribution in [0.3, 0.4) is 0 Å². The van der Waals surface area contributed by atoms with Crippen molar-refractivity contribution in [3.8, 4) is 0 Å². The Morgan fingerprint density at radius 2 is 2.00 bits per heavy atom. The van der Waals surface area contributed by atoms with Crippen molar-refractivity contribution in [2.45, 2.75) is 19.9 Å². The maximum atomic E-state index is 10.0. The molecule has 0 bridgehead atoms. The smallest absolute Gasteiger partial charge is 0.320 e. The third-order valence-corrected chi connectivity index (χ3v) is 1.00. The van der Waals surface area contributed by atoms with E-state index in [2.05, 4.69) is 0 Å². The third kappa shape index (κ3) is 1.93. The molecule has 1 unspecified atom stereocenters. The van der Waals surface area contributed by atoms with E-state index in [4.69, 9.17) is 10.8 Å². The normalized spacial score (nSPS) is 17.4. The lowest BCUT2D eigenvalue weighted by molar-refractivity contribution is -0.139. The molecule has 2 atom stereocenters. The van der Waals surface area contributed by atoms with Gasteiger partial charge in [-0.2, -0.15) is 0 Å².